The highest BCUT2D eigenvalue weighted by molar-refractivity contribution is 5.85. The molecule has 2 atom stereocenters. The molecule has 0 saturated carbocycles. The van der Waals surface area contributed by atoms with Crippen molar-refractivity contribution in [1.29, 1.82) is 0 Å². The molecule has 2 rings (SSSR count). The van der Waals surface area contributed by atoms with Crippen molar-refractivity contribution in [3.8, 4) is 0 Å². The van der Waals surface area contributed by atoms with Gasteiger partial charge in [-0.2, -0.15) is 4.98 Å². The van der Waals surface area contributed by atoms with Crippen LogP contribution in [-0.4, -0.2) is 39.2 Å². The Kier molecular flexibility index (Phi) is 6.82. The van der Waals surface area contributed by atoms with Crippen LogP contribution in [0.1, 0.15) is 59.2 Å². The van der Waals surface area contributed by atoms with Gasteiger partial charge in [-0.05, 0) is 51.5 Å². The summed E-state index contributed by atoms with van der Waals surface area (Å²) in [7, 11) is 0. The van der Waals surface area contributed by atoms with E-state index in [9.17, 15) is 9.18 Å². The summed E-state index contributed by atoms with van der Waals surface area (Å²) in [5.41, 5.74) is 0.862. The first-order valence-corrected chi connectivity index (χ1v) is 9.77. The van der Waals surface area contributed by atoms with E-state index in [0.29, 0.717) is 29.8 Å². The van der Waals surface area contributed by atoms with E-state index in [1.807, 2.05) is 19.9 Å². The highest BCUT2D eigenvalue weighted by Crippen LogP contribution is 2.35. The van der Waals surface area contributed by atoms with E-state index < -0.39 is 11.6 Å². The summed E-state index contributed by atoms with van der Waals surface area (Å²) in [5.74, 6) is 0.551. The van der Waals surface area contributed by atoms with Crippen LogP contribution < -0.4 is 5.32 Å². The van der Waals surface area contributed by atoms with Crippen molar-refractivity contribution in [3.05, 3.63) is 54.5 Å². The zero-order chi connectivity index (χ0) is 21.9. The maximum atomic E-state index is 13.9. The minimum Gasteiger partial charge on any atom is -0.362 e. The molecule has 1 aromatic rings. The fourth-order valence-electron chi connectivity index (χ4n) is 3.07. The summed E-state index contributed by atoms with van der Waals surface area (Å²) in [6.07, 6.45) is 5.19. The first kappa shape index (κ1) is 22.6. The molecule has 1 aliphatic rings. The molecule has 0 aliphatic carbocycles. The Labute approximate surface area is 172 Å². The minimum atomic E-state index is -1.90. The van der Waals surface area contributed by atoms with Crippen LogP contribution in [-0.2, 0) is 4.79 Å². The largest absolute Gasteiger partial charge is 0.362 e. The average molecular weight is 403 g/mol. The number of aromatic nitrogens is 2. The molecule has 1 saturated heterocycles. The lowest BCUT2D eigenvalue weighted by Crippen LogP contribution is -2.59. The van der Waals surface area contributed by atoms with E-state index in [-0.39, 0.29) is 12.0 Å². The van der Waals surface area contributed by atoms with Crippen LogP contribution in [0.15, 0.2) is 47.3 Å². The van der Waals surface area contributed by atoms with Gasteiger partial charge in [0.05, 0.1) is 5.92 Å². The summed E-state index contributed by atoms with van der Waals surface area (Å²) in [6.45, 7) is 18.6. The third-order valence-corrected chi connectivity index (χ3v) is 5.32. The predicted molar refractivity (Wildman–Crippen MR) is 112 cm³/mol. The van der Waals surface area contributed by atoms with Crippen LogP contribution in [0.2, 0.25) is 0 Å². The van der Waals surface area contributed by atoms with Crippen LogP contribution in [0.25, 0.3) is 5.57 Å². The molecule has 1 aliphatic heterocycles. The zero-order valence-corrected chi connectivity index (χ0v) is 18.1. The Bertz CT molecular complexity index is 845. The van der Waals surface area contributed by atoms with Crippen molar-refractivity contribution in [2.75, 3.05) is 6.54 Å². The smallest absolute Gasteiger partial charge is 0.259 e. The highest BCUT2D eigenvalue weighted by atomic mass is 19.1. The fraction of sp³-hybridized carbons (Fsp3) is 0.500. The molecule has 1 N–H and O–H groups in total. The molecule has 1 unspecified atom stereocenters. The number of hydrogen-bond acceptors (Lipinski definition) is 5. The molecule has 6 nitrogen and oxygen atoms in total. The number of likely N-dealkylation sites (tertiary alicyclic amines) is 1. The topological polar surface area (TPSA) is 71.3 Å². The van der Waals surface area contributed by atoms with E-state index in [4.69, 9.17) is 4.52 Å². The second-order valence-corrected chi connectivity index (χ2v) is 8.14. The second kappa shape index (κ2) is 8.76. The Hall–Kier alpha value is -2.70. The first-order valence-electron chi connectivity index (χ1n) is 9.77. The van der Waals surface area contributed by atoms with Gasteiger partial charge in [0, 0.05) is 23.9 Å². The van der Waals surface area contributed by atoms with Crippen molar-refractivity contribution < 1.29 is 13.7 Å². The van der Waals surface area contributed by atoms with Gasteiger partial charge in [-0.1, -0.05) is 38.2 Å². The number of alkyl halides is 1. The number of nitrogens with one attached hydrogen (secondary N) is 1. The number of hydrogen-bond donors (Lipinski definition) is 1. The predicted octanol–water partition coefficient (Wildman–Crippen LogP) is 4.36. The number of rotatable bonds is 8. The Morgan fingerprint density at radius 1 is 1.41 bits per heavy atom. The second-order valence-electron chi connectivity index (χ2n) is 8.14. The summed E-state index contributed by atoms with van der Waals surface area (Å²) in [4.78, 5) is 18.1. The Balaban J connectivity index is 2.24. The molecule has 29 heavy (non-hydrogen) atoms. The fourth-order valence-corrected chi connectivity index (χ4v) is 3.07. The van der Waals surface area contributed by atoms with Crippen LogP contribution >= 0.6 is 0 Å². The molecular weight excluding hydrogens is 371 g/mol. The number of amides is 1. The van der Waals surface area contributed by atoms with Crippen molar-refractivity contribution >= 4 is 11.5 Å². The summed E-state index contributed by atoms with van der Waals surface area (Å²) < 4.78 is 19.4. The lowest BCUT2D eigenvalue weighted by Gasteiger charge is -2.46. The maximum absolute atomic E-state index is 13.9. The number of halogens is 1. The SMILES string of the molecule is C=CNC(/C=C(\C=C)c1noc([C@H]2CN(C(=O)C(C)(C)F)C2C)n1)=C(\C)C(C)C. The normalized spacial score (nSPS) is 20.8. The molecule has 1 aromatic heterocycles. The van der Waals surface area contributed by atoms with E-state index in [0.717, 1.165) is 11.3 Å². The van der Waals surface area contributed by atoms with Gasteiger partial charge in [-0.3, -0.25) is 4.79 Å². The van der Waals surface area contributed by atoms with Gasteiger partial charge in [0.15, 0.2) is 5.67 Å². The molecule has 2 heterocycles. The summed E-state index contributed by atoms with van der Waals surface area (Å²) in [5, 5.41) is 7.22. The van der Waals surface area contributed by atoms with E-state index in [1.165, 1.54) is 18.7 Å². The Morgan fingerprint density at radius 2 is 2.07 bits per heavy atom. The molecule has 158 valence electrons. The molecule has 1 fully saturated rings. The number of nitrogens with zero attached hydrogens (tertiary/aromatic N) is 3. The zero-order valence-electron chi connectivity index (χ0n) is 18.1. The molecule has 0 radical (unpaired) electrons. The van der Waals surface area contributed by atoms with Gasteiger partial charge in [0.25, 0.3) is 5.91 Å². The van der Waals surface area contributed by atoms with Crippen molar-refractivity contribution in [2.24, 2.45) is 5.92 Å². The van der Waals surface area contributed by atoms with Gasteiger partial charge in [0.1, 0.15) is 0 Å². The van der Waals surface area contributed by atoms with Gasteiger partial charge in [-0.15, -0.1) is 0 Å². The minimum absolute atomic E-state index is 0.118. The third kappa shape index (κ3) is 4.83. The van der Waals surface area contributed by atoms with Crippen molar-refractivity contribution in [2.45, 2.75) is 59.2 Å². The number of carbonyl (C=O) groups excluding carboxylic acids is 1. The van der Waals surface area contributed by atoms with E-state index >= 15 is 0 Å². The molecular formula is C22H31FN4O2. The van der Waals surface area contributed by atoms with Crippen molar-refractivity contribution in [3.63, 3.8) is 0 Å². The number of carbonyl (C=O) groups is 1. The summed E-state index contributed by atoms with van der Waals surface area (Å²) in [6, 6.07) is -0.205. The van der Waals surface area contributed by atoms with Crippen LogP contribution in [0.5, 0.6) is 0 Å². The first-order chi connectivity index (χ1) is 13.5. The van der Waals surface area contributed by atoms with E-state index in [2.05, 4.69) is 42.5 Å². The standard InChI is InChI=1S/C22H31FN4O2/c1-9-16(11-18(24-10-2)14(5)13(3)4)19-25-20(29-26-19)17-12-27(15(17)6)21(28)22(7,8)23/h9-11,13,15,17,24H,1-2,12H2,3-8H3/b16-11+,18-14+/t15?,17-/m0/s1. The van der Waals surface area contributed by atoms with Crippen LogP contribution in [0.4, 0.5) is 4.39 Å². The van der Waals surface area contributed by atoms with E-state index in [1.54, 1.807) is 12.3 Å². The molecule has 0 aromatic carbocycles. The molecule has 1 amide bonds. The maximum Gasteiger partial charge on any atom is 0.259 e. The number of allylic oxidation sites excluding steroid dienone is 4. The monoisotopic (exact) mass is 402 g/mol. The van der Waals surface area contributed by atoms with Gasteiger partial charge < -0.3 is 14.7 Å². The third-order valence-electron chi connectivity index (χ3n) is 5.32. The average Bonchev–Trinajstić information content (AvgIpc) is 3.11. The van der Waals surface area contributed by atoms with Crippen LogP contribution in [0, 0.1) is 5.92 Å². The lowest BCUT2D eigenvalue weighted by atomic mass is 9.88. The van der Waals surface area contributed by atoms with Crippen LogP contribution in [0.3, 0.4) is 0 Å². The van der Waals surface area contributed by atoms with Gasteiger partial charge in [0.2, 0.25) is 11.7 Å². The molecule has 7 heteroatoms. The lowest BCUT2D eigenvalue weighted by molar-refractivity contribution is -0.151. The summed E-state index contributed by atoms with van der Waals surface area (Å²) >= 11 is 0. The Morgan fingerprint density at radius 3 is 2.55 bits per heavy atom. The quantitative estimate of drug-likeness (QED) is 0.654. The van der Waals surface area contributed by atoms with Crippen molar-refractivity contribution in [1.82, 2.24) is 20.4 Å². The van der Waals surface area contributed by atoms with Gasteiger partial charge >= 0.3 is 0 Å². The molecule has 0 spiro atoms. The highest BCUT2D eigenvalue weighted by Gasteiger charge is 2.47. The van der Waals surface area contributed by atoms with Gasteiger partial charge in [-0.25, -0.2) is 4.39 Å². The molecule has 0 bridgehead atoms.